The fourth-order valence-electron chi connectivity index (χ4n) is 0.326. The molecule has 12 heteroatoms. The van der Waals surface area contributed by atoms with E-state index >= 15 is 0 Å². The Hall–Kier alpha value is -2.86. The van der Waals surface area contributed by atoms with Gasteiger partial charge in [0.1, 0.15) is 12.1 Å². The molecule has 0 aromatic rings. The van der Waals surface area contributed by atoms with Crippen molar-refractivity contribution in [1.82, 2.24) is 0 Å². The molecule has 0 aliphatic carbocycles. The van der Waals surface area contributed by atoms with E-state index in [1.807, 2.05) is 0 Å². The third kappa shape index (κ3) is 29.2. The van der Waals surface area contributed by atoms with Crippen molar-refractivity contribution in [2.24, 2.45) is 11.5 Å². The lowest BCUT2D eigenvalue weighted by Gasteiger charge is -1.97. The van der Waals surface area contributed by atoms with Gasteiger partial charge in [0, 0.05) is 13.3 Å². The van der Waals surface area contributed by atoms with Crippen LogP contribution in [0, 0.1) is 0 Å². The first kappa shape index (κ1) is 31.0. The van der Waals surface area contributed by atoms with Crippen LogP contribution in [0.1, 0.15) is 40.5 Å². The molecule has 8 N–H and O–H groups in total. The second-order valence-corrected chi connectivity index (χ2v) is 4.42. The maximum Gasteiger partial charge on any atom is 0.372 e. The van der Waals surface area contributed by atoms with Crippen LogP contribution in [0.15, 0.2) is 0 Å². The molecule has 0 radical (unpaired) electrons. The quantitative estimate of drug-likeness (QED) is 0.301. The van der Waals surface area contributed by atoms with E-state index in [9.17, 15) is 28.8 Å². The van der Waals surface area contributed by atoms with E-state index in [2.05, 4.69) is 0 Å². The molecule has 0 fully saturated rings. The van der Waals surface area contributed by atoms with E-state index in [4.69, 9.17) is 31.9 Å². The minimum Gasteiger partial charge on any atom is -0.480 e. The van der Waals surface area contributed by atoms with E-state index < -0.39 is 47.5 Å². The molecule has 0 aliphatic heterocycles. The Morgan fingerprint density at radius 3 is 1.12 bits per heavy atom. The number of aliphatic carboxylic acids is 4. The van der Waals surface area contributed by atoms with E-state index in [0.717, 1.165) is 6.92 Å². The Bertz CT molecular complexity index is 476. The summed E-state index contributed by atoms with van der Waals surface area (Å²) in [5.74, 6) is -6.18. The number of Topliss-reactive ketones (excluding diaryl/α,β-unsaturated/α-hetero) is 2. The summed E-state index contributed by atoms with van der Waals surface area (Å²) in [5.41, 5.74) is 9.85. The van der Waals surface area contributed by atoms with Crippen LogP contribution in [0.2, 0.25) is 0 Å². The van der Waals surface area contributed by atoms with Crippen molar-refractivity contribution in [3.05, 3.63) is 0 Å². The number of carbonyl (C=O) groups excluding carboxylic acids is 2. The van der Waals surface area contributed by atoms with Gasteiger partial charge in [-0.2, -0.15) is 0 Å². The fourth-order valence-corrected chi connectivity index (χ4v) is 0.326. The third-order valence-corrected chi connectivity index (χ3v) is 2.01. The van der Waals surface area contributed by atoms with Crippen molar-refractivity contribution in [2.45, 2.75) is 52.6 Å². The first-order chi connectivity index (χ1) is 11.6. The standard InChI is InChI=1S/C4H9NO2.C4H6O3.C3H7NO2.C3H4O3/c2*1-2-3(5)4(6)7;2*1-2(4)3(5)6/h3H,2,5H2,1H3,(H,6,7);2H2,1H3,(H,6,7);2H,4H2,1H3,(H,5,6);1H3,(H,5,6)/t;;2-;/m..0./s1. The number of carboxylic acid groups (broad SMARTS) is 4. The average Bonchev–Trinajstić information content (AvgIpc) is 2.54. The number of hydrogen-bond acceptors (Lipinski definition) is 8. The van der Waals surface area contributed by atoms with Crippen LogP contribution >= 0.6 is 0 Å². The molecule has 12 nitrogen and oxygen atoms in total. The molecule has 0 aromatic carbocycles. The lowest BCUT2D eigenvalue weighted by Crippen LogP contribution is -2.28. The SMILES string of the molecule is CC(=O)C(=O)O.CCC(=O)C(=O)O.CCC(N)C(=O)O.C[C@H](N)C(=O)O. The Balaban J connectivity index is -0.000000124. The van der Waals surface area contributed by atoms with Gasteiger partial charge in [-0.25, -0.2) is 9.59 Å². The normalized spacial score (nSPS) is 10.7. The van der Waals surface area contributed by atoms with E-state index in [1.165, 1.54) is 13.8 Å². The number of carboxylic acids is 4. The van der Waals surface area contributed by atoms with Crippen LogP contribution in [0.3, 0.4) is 0 Å². The first-order valence-electron chi connectivity index (χ1n) is 7.12. The molecule has 0 spiro atoms. The van der Waals surface area contributed by atoms with E-state index in [0.29, 0.717) is 6.42 Å². The summed E-state index contributed by atoms with van der Waals surface area (Å²) >= 11 is 0. The van der Waals surface area contributed by atoms with Crippen molar-refractivity contribution in [3.63, 3.8) is 0 Å². The minimum atomic E-state index is -1.38. The van der Waals surface area contributed by atoms with Crippen LogP contribution in [-0.2, 0) is 28.8 Å². The molecule has 0 aromatic heterocycles. The molecule has 2 atom stereocenters. The minimum absolute atomic E-state index is 0.0787. The largest absolute Gasteiger partial charge is 0.480 e. The van der Waals surface area contributed by atoms with E-state index in [1.54, 1.807) is 6.92 Å². The topological polar surface area (TPSA) is 235 Å². The van der Waals surface area contributed by atoms with E-state index in [-0.39, 0.29) is 6.42 Å². The summed E-state index contributed by atoms with van der Waals surface area (Å²) in [5, 5.41) is 31.4. The Kier molecular flexibility index (Phi) is 22.0. The molecule has 0 heterocycles. The zero-order chi connectivity index (χ0) is 22.0. The highest BCUT2D eigenvalue weighted by Gasteiger charge is 2.06. The van der Waals surface area contributed by atoms with Crippen molar-refractivity contribution >= 4 is 35.4 Å². The Labute approximate surface area is 149 Å². The van der Waals surface area contributed by atoms with Crippen LogP contribution in [-0.4, -0.2) is 68.0 Å². The molecular formula is C14H26N2O10. The van der Waals surface area contributed by atoms with Gasteiger partial charge >= 0.3 is 23.9 Å². The van der Waals surface area contributed by atoms with Crippen LogP contribution < -0.4 is 11.5 Å². The maximum atomic E-state index is 9.91. The van der Waals surface area contributed by atoms with Gasteiger partial charge in [0.05, 0.1) is 0 Å². The van der Waals surface area contributed by atoms with Gasteiger partial charge in [-0.1, -0.05) is 13.8 Å². The highest BCUT2D eigenvalue weighted by molar-refractivity contribution is 6.32. The summed E-state index contributed by atoms with van der Waals surface area (Å²) in [4.78, 5) is 57.8. The average molecular weight is 382 g/mol. The molecule has 0 bridgehead atoms. The highest BCUT2D eigenvalue weighted by atomic mass is 16.4. The molecule has 0 aliphatic rings. The first-order valence-corrected chi connectivity index (χ1v) is 7.12. The zero-order valence-electron chi connectivity index (χ0n) is 15.0. The molecular weight excluding hydrogens is 356 g/mol. The highest BCUT2D eigenvalue weighted by Crippen LogP contribution is 1.82. The monoisotopic (exact) mass is 382 g/mol. The summed E-state index contributed by atoms with van der Waals surface area (Å²) in [7, 11) is 0. The molecule has 0 rings (SSSR count). The molecule has 26 heavy (non-hydrogen) atoms. The maximum absolute atomic E-state index is 9.91. The van der Waals surface area contributed by atoms with Crippen molar-refractivity contribution in [2.75, 3.05) is 0 Å². The summed E-state index contributed by atoms with van der Waals surface area (Å²) in [6.45, 7) is 5.67. The van der Waals surface area contributed by atoms with Gasteiger partial charge in [0.25, 0.3) is 0 Å². The molecule has 152 valence electrons. The summed E-state index contributed by atoms with van der Waals surface area (Å²) in [6, 6.07) is -1.41. The zero-order valence-corrected chi connectivity index (χ0v) is 15.0. The van der Waals surface area contributed by atoms with Crippen molar-refractivity contribution in [1.29, 1.82) is 0 Å². The molecule has 0 saturated heterocycles. The second-order valence-electron chi connectivity index (χ2n) is 4.42. The predicted octanol–water partition coefficient (Wildman–Crippen LogP) is -1.06. The lowest BCUT2D eigenvalue weighted by atomic mass is 10.2. The van der Waals surface area contributed by atoms with Crippen LogP contribution in [0.4, 0.5) is 0 Å². The molecule has 1 unspecified atom stereocenters. The molecule has 0 saturated carbocycles. The van der Waals surface area contributed by atoms with Gasteiger partial charge in [0.15, 0.2) is 0 Å². The van der Waals surface area contributed by atoms with Gasteiger partial charge < -0.3 is 31.9 Å². The van der Waals surface area contributed by atoms with Gasteiger partial charge in [-0.05, 0) is 13.3 Å². The lowest BCUT2D eigenvalue weighted by molar-refractivity contribution is -0.148. The summed E-state index contributed by atoms with van der Waals surface area (Å²) in [6.07, 6.45) is 0.574. The van der Waals surface area contributed by atoms with Gasteiger partial charge in [-0.3, -0.25) is 19.2 Å². The molecule has 0 amide bonds. The van der Waals surface area contributed by atoms with Crippen molar-refractivity contribution in [3.8, 4) is 0 Å². The fraction of sp³-hybridized carbons (Fsp3) is 0.571. The second kappa shape index (κ2) is 18.5. The predicted molar refractivity (Wildman–Crippen MR) is 88.4 cm³/mol. The van der Waals surface area contributed by atoms with Gasteiger partial charge in [0.2, 0.25) is 11.6 Å². The van der Waals surface area contributed by atoms with Crippen LogP contribution in [0.5, 0.6) is 0 Å². The van der Waals surface area contributed by atoms with Crippen LogP contribution in [0.25, 0.3) is 0 Å². The third-order valence-electron chi connectivity index (χ3n) is 2.01. The smallest absolute Gasteiger partial charge is 0.372 e. The van der Waals surface area contributed by atoms with Gasteiger partial charge in [-0.15, -0.1) is 0 Å². The Morgan fingerprint density at radius 1 is 0.808 bits per heavy atom. The number of carbonyl (C=O) groups is 6. The number of rotatable bonds is 6. The number of nitrogens with two attached hydrogens (primary N) is 2. The number of hydrogen-bond donors (Lipinski definition) is 6. The summed E-state index contributed by atoms with van der Waals surface area (Å²) < 4.78 is 0. The van der Waals surface area contributed by atoms with Crippen molar-refractivity contribution < 1.29 is 49.2 Å². The number of ketones is 2. The Morgan fingerprint density at radius 2 is 1.12 bits per heavy atom.